The number of amides is 2. The molecule has 2 amide bonds. The van der Waals surface area contributed by atoms with E-state index in [0.29, 0.717) is 37.0 Å². The first-order valence-electron chi connectivity index (χ1n) is 8.71. The number of hydrogen-bond acceptors (Lipinski definition) is 7. The van der Waals surface area contributed by atoms with E-state index in [4.69, 9.17) is 4.52 Å². The summed E-state index contributed by atoms with van der Waals surface area (Å²) in [6.07, 6.45) is 7.13. The van der Waals surface area contributed by atoms with Crippen LogP contribution < -0.4 is 4.90 Å². The standard InChI is InChI=1S/C17H20N6O3/c1-12-20-14(26-21-12)7-15(24)22-5-2-3-17(10-22)4-6-23(16(17)25)13-8-18-11-19-9-13/h8-9,11H,2-7,10H2,1H3. The summed E-state index contributed by atoms with van der Waals surface area (Å²) >= 11 is 0. The largest absolute Gasteiger partial charge is 0.341 e. The molecule has 2 saturated heterocycles. The van der Waals surface area contributed by atoms with Crippen LogP contribution >= 0.6 is 0 Å². The van der Waals surface area contributed by atoms with Gasteiger partial charge in [0, 0.05) is 19.6 Å². The summed E-state index contributed by atoms with van der Waals surface area (Å²) in [6, 6.07) is 0. The molecule has 0 aliphatic carbocycles. The van der Waals surface area contributed by atoms with E-state index in [2.05, 4.69) is 20.1 Å². The Balaban J connectivity index is 1.48. The van der Waals surface area contributed by atoms with E-state index in [0.717, 1.165) is 19.3 Å². The summed E-state index contributed by atoms with van der Waals surface area (Å²) in [7, 11) is 0. The molecule has 2 fully saturated rings. The SMILES string of the molecule is Cc1noc(CC(=O)N2CCCC3(CCN(c4cncnc4)C3=O)C2)n1. The lowest BCUT2D eigenvalue weighted by molar-refractivity contribution is -0.138. The Morgan fingerprint density at radius 1 is 1.27 bits per heavy atom. The molecule has 4 rings (SSSR count). The highest BCUT2D eigenvalue weighted by Gasteiger charge is 2.50. The number of rotatable bonds is 3. The summed E-state index contributed by atoms with van der Waals surface area (Å²) in [5, 5.41) is 3.71. The molecular formula is C17H20N6O3. The van der Waals surface area contributed by atoms with E-state index in [9.17, 15) is 9.59 Å². The van der Waals surface area contributed by atoms with Gasteiger partial charge in [0.2, 0.25) is 17.7 Å². The zero-order valence-electron chi connectivity index (χ0n) is 14.6. The molecular weight excluding hydrogens is 336 g/mol. The van der Waals surface area contributed by atoms with Crippen molar-refractivity contribution < 1.29 is 14.1 Å². The van der Waals surface area contributed by atoms with Crippen LogP contribution in [0.4, 0.5) is 5.69 Å². The fourth-order valence-corrected chi connectivity index (χ4v) is 3.87. The maximum Gasteiger partial charge on any atom is 0.236 e. The molecule has 1 atom stereocenters. The van der Waals surface area contributed by atoms with E-state index in [1.807, 2.05) is 0 Å². The van der Waals surface area contributed by atoms with Crippen LogP contribution in [-0.2, 0) is 16.0 Å². The molecule has 26 heavy (non-hydrogen) atoms. The van der Waals surface area contributed by atoms with Crippen LogP contribution in [0.5, 0.6) is 0 Å². The van der Waals surface area contributed by atoms with E-state index >= 15 is 0 Å². The third kappa shape index (κ3) is 2.93. The van der Waals surface area contributed by atoms with Gasteiger partial charge < -0.3 is 14.3 Å². The number of hydrogen-bond donors (Lipinski definition) is 0. The summed E-state index contributed by atoms with van der Waals surface area (Å²) in [5.41, 5.74) is 0.188. The van der Waals surface area contributed by atoms with Crippen LogP contribution in [0.2, 0.25) is 0 Å². The van der Waals surface area contributed by atoms with Crippen LogP contribution in [0.1, 0.15) is 31.0 Å². The van der Waals surface area contributed by atoms with Crippen LogP contribution in [0.3, 0.4) is 0 Å². The second kappa shape index (κ2) is 6.47. The minimum Gasteiger partial charge on any atom is -0.341 e. The Bertz CT molecular complexity index is 823. The Labute approximate surface area is 150 Å². The first-order valence-corrected chi connectivity index (χ1v) is 8.71. The average Bonchev–Trinajstić information content (AvgIpc) is 3.20. The van der Waals surface area contributed by atoms with Gasteiger partial charge in [0.1, 0.15) is 12.7 Å². The smallest absolute Gasteiger partial charge is 0.236 e. The normalized spacial score (nSPS) is 23.0. The fraction of sp³-hybridized carbons (Fsp3) is 0.529. The Hall–Kier alpha value is -2.84. The highest BCUT2D eigenvalue weighted by molar-refractivity contribution is 6.00. The maximum atomic E-state index is 13.1. The van der Waals surface area contributed by atoms with E-state index in [1.165, 1.54) is 6.33 Å². The highest BCUT2D eigenvalue weighted by atomic mass is 16.5. The van der Waals surface area contributed by atoms with Crippen molar-refractivity contribution in [1.82, 2.24) is 25.0 Å². The summed E-state index contributed by atoms with van der Waals surface area (Å²) in [4.78, 5) is 41.3. The number of carbonyl (C=O) groups is 2. The quantitative estimate of drug-likeness (QED) is 0.799. The van der Waals surface area contributed by atoms with Crippen LogP contribution in [0.25, 0.3) is 0 Å². The lowest BCUT2D eigenvalue weighted by Gasteiger charge is -2.38. The molecule has 136 valence electrons. The van der Waals surface area contributed by atoms with Gasteiger partial charge in [-0.25, -0.2) is 9.97 Å². The van der Waals surface area contributed by atoms with Crippen LogP contribution in [0.15, 0.2) is 23.2 Å². The molecule has 0 aromatic carbocycles. The predicted octanol–water partition coefficient (Wildman–Crippen LogP) is 0.756. The predicted molar refractivity (Wildman–Crippen MR) is 90.0 cm³/mol. The highest BCUT2D eigenvalue weighted by Crippen LogP contribution is 2.41. The zero-order chi connectivity index (χ0) is 18.1. The summed E-state index contributed by atoms with van der Waals surface area (Å²) in [5.74, 6) is 0.794. The van der Waals surface area contributed by atoms with Crippen molar-refractivity contribution in [2.75, 3.05) is 24.5 Å². The number of likely N-dealkylation sites (tertiary alicyclic amines) is 1. The third-order valence-electron chi connectivity index (χ3n) is 5.17. The minimum absolute atomic E-state index is 0.0541. The molecule has 4 heterocycles. The van der Waals surface area contributed by atoms with E-state index in [-0.39, 0.29) is 18.2 Å². The Morgan fingerprint density at radius 3 is 2.81 bits per heavy atom. The number of nitrogens with zero attached hydrogens (tertiary/aromatic N) is 6. The molecule has 1 spiro atoms. The number of aromatic nitrogens is 4. The molecule has 2 aliphatic rings. The van der Waals surface area contributed by atoms with Gasteiger partial charge in [-0.3, -0.25) is 9.59 Å². The Morgan fingerprint density at radius 2 is 2.08 bits per heavy atom. The minimum atomic E-state index is -0.519. The summed E-state index contributed by atoms with van der Waals surface area (Å²) in [6.45, 7) is 3.42. The third-order valence-corrected chi connectivity index (χ3v) is 5.17. The van der Waals surface area contributed by atoms with Crippen molar-refractivity contribution in [3.8, 4) is 0 Å². The van der Waals surface area contributed by atoms with Gasteiger partial charge in [-0.15, -0.1) is 0 Å². The molecule has 0 N–H and O–H groups in total. The number of piperidine rings is 1. The van der Waals surface area contributed by atoms with E-state index in [1.54, 1.807) is 29.1 Å². The molecule has 0 bridgehead atoms. The second-order valence-corrected chi connectivity index (χ2v) is 6.91. The van der Waals surface area contributed by atoms with Gasteiger partial charge in [0.15, 0.2) is 5.82 Å². The van der Waals surface area contributed by atoms with Crippen LogP contribution in [0, 0.1) is 12.3 Å². The molecule has 1 unspecified atom stereocenters. The molecule has 9 heteroatoms. The van der Waals surface area contributed by atoms with Gasteiger partial charge in [-0.2, -0.15) is 4.98 Å². The first-order chi connectivity index (χ1) is 12.6. The molecule has 2 aromatic heterocycles. The van der Waals surface area contributed by atoms with Gasteiger partial charge in [-0.05, 0) is 26.2 Å². The van der Waals surface area contributed by atoms with Crippen LogP contribution in [-0.4, -0.2) is 56.5 Å². The fourth-order valence-electron chi connectivity index (χ4n) is 3.87. The second-order valence-electron chi connectivity index (χ2n) is 6.91. The monoisotopic (exact) mass is 356 g/mol. The summed E-state index contributed by atoms with van der Waals surface area (Å²) < 4.78 is 5.04. The lowest BCUT2D eigenvalue weighted by Crippen LogP contribution is -2.50. The van der Waals surface area contributed by atoms with Crippen molar-refractivity contribution in [2.45, 2.75) is 32.6 Å². The molecule has 2 aromatic rings. The van der Waals surface area contributed by atoms with Crippen molar-refractivity contribution in [2.24, 2.45) is 5.41 Å². The van der Waals surface area contributed by atoms with Crippen molar-refractivity contribution >= 4 is 17.5 Å². The van der Waals surface area contributed by atoms with Crippen molar-refractivity contribution in [1.29, 1.82) is 0 Å². The van der Waals surface area contributed by atoms with Gasteiger partial charge in [0.05, 0.1) is 23.5 Å². The van der Waals surface area contributed by atoms with Gasteiger partial charge in [-0.1, -0.05) is 5.16 Å². The maximum absolute atomic E-state index is 13.1. The Kier molecular flexibility index (Phi) is 4.14. The first kappa shape index (κ1) is 16.6. The molecule has 0 radical (unpaired) electrons. The molecule has 9 nitrogen and oxygen atoms in total. The zero-order valence-corrected chi connectivity index (χ0v) is 14.6. The topological polar surface area (TPSA) is 105 Å². The van der Waals surface area contributed by atoms with Gasteiger partial charge >= 0.3 is 0 Å². The molecule has 0 saturated carbocycles. The van der Waals surface area contributed by atoms with E-state index < -0.39 is 5.41 Å². The van der Waals surface area contributed by atoms with Crippen molar-refractivity contribution in [3.05, 3.63) is 30.4 Å². The number of carbonyl (C=O) groups excluding carboxylic acids is 2. The molecule has 2 aliphatic heterocycles. The number of anilines is 1. The lowest BCUT2D eigenvalue weighted by atomic mass is 9.78. The van der Waals surface area contributed by atoms with Crippen molar-refractivity contribution in [3.63, 3.8) is 0 Å². The number of aryl methyl sites for hydroxylation is 1. The van der Waals surface area contributed by atoms with Gasteiger partial charge in [0.25, 0.3) is 0 Å². The average molecular weight is 356 g/mol.